The van der Waals surface area contributed by atoms with Gasteiger partial charge in [0.1, 0.15) is 0 Å². The molecular weight excluding hydrogens is 892 g/mol. The number of fused-ring (bicyclic) bond motifs is 11. The highest BCUT2D eigenvalue weighted by atomic mass is 15.1. The van der Waals surface area contributed by atoms with Crippen molar-refractivity contribution < 1.29 is 0 Å². The van der Waals surface area contributed by atoms with Gasteiger partial charge >= 0.3 is 0 Å². The molecule has 10 aromatic rings. The molecule has 8 aromatic carbocycles. The Balaban J connectivity index is 1.22. The molecule has 74 heavy (non-hydrogen) atoms. The Morgan fingerprint density at radius 3 is 1.54 bits per heavy atom. The van der Waals surface area contributed by atoms with Crippen molar-refractivity contribution in [1.29, 1.82) is 0 Å². The van der Waals surface area contributed by atoms with Crippen LogP contribution in [0.3, 0.4) is 0 Å². The first kappa shape index (κ1) is 45.8. The predicted octanol–water partition coefficient (Wildman–Crippen LogP) is 16.8. The van der Waals surface area contributed by atoms with Gasteiger partial charge in [-0.2, -0.15) is 0 Å². The maximum Gasteiger partial charge on any atom is 0.252 e. The Bertz CT molecular complexity index is 4010. The summed E-state index contributed by atoms with van der Waals surface area (Å²) in [5, 5.41) is 4.14. The van der Waals surface area contributed by atoms with Gasteiger partial charge in [0.05, 0.1) is 16.6 Å². The van der Waals surface area contributed by atoms with Gasteiger partial charge < -0.3 is 9.13 Å². The van der Waals surface area contributed by atoms with Crippen molar-refractivity contribution in [3.63, 3.8) is 0 Å². The molecule has 0 saturated carbocycles. The van der Waals surface area contributed by atoms with Crippen LogP contribution in [-0.2, 0) is 21.7 Å². The summed E-state index contributed by atoms with van der Waals surface area (Å²) in [4.78, 5) is 0. The second-order valence-corrected chi connectivity index (χ2v) is 26.0. The van der Waals surface area contributed by atoms with Gasteiger partial charge in [0, 0.05) is 44.1 Å². The lowest BCUT2D eigenvalue weighted by Gasteiger charge is -2.44. The minimum absolute atomic E-state index is 0.00206. The maximum atomic E-state index is 2.80. The molecule has 4 aliphatic rings. The summed E-state index contributed by atoms with van der Waals surface area (Å²) < 4.78 is 5.55. The highest BCUT2D eigenvalue weighted by Gasteiger charge is 2.55. The van der Waals surface area contributed by atoms with Crippen LogP contribution >= 0.6 is 0 Å². The van der Waals surface area contributed by atoms with E-state index in [1.165, 1.54) is 144 Å². The van der Waals surface area contributed by atoms with Crippen LogP contribution in [0, 0.1) is 0 Å². The zero-order chi connectivity index (χ0) is 51.3. The van der Waals surface area contributed by atoms with E-state index in [0.29, 0.717) is 11.8 Å². The monoisotopic (exact) mass is 961 g/mol. The minimum atomic E-state index is -0.531. The quantitative estimate of drug-likeness (QED) is 0.147. The highest BCUT2D eigenvalue weighted by molar-refractivity contribution is 7.00. The summed E-state index contributed by atoms with van der Waals surface area (Å²) in [6, 6.07) is 58.9. The Morgan fingerprint density at radius 2 is 0.973 bits per heavy atom. The van der Waals surface area contributed by atoms with E-state index in [1.54, 1.807) is 0 Å². The number of nitrogens with zero attached hydrogens (tertiary/aromatic N) is 2. The van der Waals surface area contributed by atoms with E-state index in [2.05, 4.69) is 245 Å². The van der Waals surface area contributed by atoms with Crippen molar-refractivity contribution in [2.75, 3.05) is 0 Å². The third-order valence-electron chi connectivity index (χ3n) is 18.7. The number of aromatic nitrogens is 2. The lowest BCUT2D eigenvalue weighted by atomic mass is 9.33. The largest absolute Gasteiger partial charge is 0.310 e. The molecular formula is C71H69BN2. The second-order valence-electron chi connectivity index (χ2n) is 26.0. The molecule has 3 aliphatic heterocycles. The molecule has 2 aromatic heterocycles. The van der Waals surface area contributed by atoms with E-state index < -0.39 is 5.41 Å². The molecule has 2 atom stereocenters. The molecule has 1 spiro atoms. The fourth-order valence-electron chi connectivity index (χ4n) is 14.4. The molecule has 0 N–H and O–H groups in total. The van der Waals surface area contributed by atoms with Crippen LogP contribution in [0.25, 0.3) is 77.6 Å². The van der Waals surface area contributed by atoms with Gasteiger partial charge in [0.25, 0.3) is 6.71 Å². The molecule has 3 heteroatoms. The SMILES string of the molecule is CCC(C)c1cc2c3c(c1)c1cc(C(C)CC)cc4c1n3-c1c(ccc3c1B2c1cc(C(C)(C)C)cc2c(-c5ccc(C(C)(C)C)cc5)c(-c5ccc(C(C)(C)C)cc5)n-3c12)C41c2ccccc2-c2ccccc21. The van der Waals surface area contributed by atoms with Crippen LogP contribution < -0.4 is 16.4 Å². The van der Waals surface area contributed by atoms with Gasteiger partial charge in [-0.3, -0.25) is 0 Å². The number of benzene rings is 8. The molecule has 1 aliphatic carbocycles. The Morgan fingerprint density at radius 1 is 0.459 bits per heavy atom. The molecule has 2 unspecified atom stereocenters. The topological polar surface area (TPSA) is 9.86 Å². The average molecular weight is 961 g/mol. The molecule has 366 valence electrons. The third kappa shape index (κ3) is 5.85. The summed E-state index contributed by atoms with van der Waals surface area (Å²) in [7, 11) is 0. The Kier molecular flexibility index (Phi) is 9.37. The maximum absolute atomic E-state index is 2.80. The van der Waals surface area contributed by atoms with Gasteiger partial charge in [0.2, 0.25) is 0 Å². The van der Waals surface area contributed by atoms with E-state index in [0.717, 1.165) is 12.8 Å². The van der Waals surface area contributed by atoms with Crippen molar-refractivity contribution in [1.82, 2.24) is 9.13 Å². The van der Waals surface area contributed by atoms with Crippen molar-refractivity contribution in [3.05, 3.63) is 196 Å². The normalized spacial score (nSPS) is 15.4. The zero-order valence-corrected chi connectivity index (χ0v) is 45.9. The molecule has 0 saturated heterocycles. The lowest BCUT2D eigenvalue weighted by molar-refractivity contribution is 0.590. The smallest absolute Gasteiger partial charge is 0.252 e. The van der Waals surface area contributed by atoms with Crippen molar-refractivity contribution in [2.24, 2.45) is 0 Å². The fraction of sp³-hybridized carbons (Fsp3) is 0.296. The van der Waals surface area contributed by atoms with Gasteiger partial charge in [-0.25, -0.2) is 0 Å². The number of rotatable bonds is 6. The minimum Gasteiger partial charge on any atom is -0.310 e. The number of hydrogen-bond acceptors (Lipinski definition) is 0. The molecule has 0 radical (unpaired) electrons. The van der Waals surface area contributed by atoms with Crippen molar-refractivity contribution >= 4 is 55.8 Å². The Hall–Kier alpha value is -6.84. The molecule has 0 bridgehead atoms. The van der Waals surface area contributed by atoms with Crippen LogP contribution in [0.4, 0.5) is 0 Å². The average Bonchev–Trinajstić information content (AvgIpc) is 4.02. The van der Waals surface area contributed by atoms with Crippen LogP contribution in [0.2, 0.25) is 0 Å². The standard InChI is InChI=1S/C71H69BN2/c1-14-40(3)44-34-51-52-35-45(41(4)15-2)37-58-65(52)74-64(51)57(36-44)71(54-22-18-16-20-49(54)50-21-17-19-23-55(50)71)56-32-33-60-62(67(56)74)72(58)59-39-48(70(11,12)13)38-53-61(42-24-28-46(29-25-42)68(5,6)7)63(73(60)66(53)59)43-26-30-47(31-27-43)69(8,9)10/h16-41H,14-15H2,1-13H3. The molecule has 0 amide bonds. The zero-order valence-electron chi connectivity index (χ0n) is 45.9. The van der Waals surface area contributed by atoms with E-state index in [9.17, 15) is 0 Å². The fourth-order valence-corrected chi connectivity index (χ4v) is 14.4. The summed E-state index contributed by atoms with van der Waals surface area (Å²) in [5.41, 5.74) is 30.9. The van der Waals surface area contributed by atoms with E-state index >= 15 is 0 Å². The molecule has 0 fully saturated rings. The van der Waals surface area contributed by atoms with E-state index in [4.69, 9.17) is 0 Å². The first-order valence-electron chi connectivity index (χ1n) is 27.8. The van der Waals surface area contributed by atoms with Crippen LogP contribution in [0.1, 0.15) is 165 Å². The van der Waals surface area contributed by atoms with Gasteiger partial charge in [-0.15, -0.1) is 0 Å². The molecule has 5 heterocycles. The van der Waals surface area contributed by atoms with Crippen molar-refractivity contribution in [3.8, 4) is 44.9 Å². The Labute approximate surface area is 439 Å². The predicted molar refractivity (Wildman–Crippen MR) is 318 cm³/mol. The van der Waals surface area contributed by atoms with Crippen LogP contribution in [0.15, 0.2) is 146 Å². The lowest BCUT2D eigenvalue weighted by Crippen LogP contribution is -2.60. The first-order chi connectivity index (χ1) is 35.4. The summed E-state index contributed by atoms with van der Waals surface area (Å²) in [6.07, 6.45) is 2.17. The molecule has 2 nitrogen and oxygen atoms in total. The van der Waals surface area contributed by atoms with Crippen LogP contribution in [-0.4, -0.2) is 15.8 Å². The number of hydrogen-bond donors (Lipinski definition) is 0. The summed E-state index contributed by atoms with van der Waals surface area (Å²) >= 11 is 0. The van der Waals surface area contributed by atoms with Gasteiger partial charge in [-0.1, -0.05) is 211 Å². The summed E-state index contributed by atoms with van der Waals surface area (Å²) in [6.45, 7) is 30.8. The second kappa shape index (κ2) is 15.2. The molecule has 14 rings (SSSR count). The summed E-state index contributed by atoms with van der Waals surface area (Å²) in [5.74, 6) is 0.811. The highest BCUT2D eigenvalue weighted by Crippen LogP contribution is 2.62. The third-order valence-corrected chi connectivity index (χ3v) is 18.7. The van der Waals surface area contributed by atoms with Gasteiger partial charge in [-0.05, 0) is 154 Å². The van der Waals surface area contributed by atoms with E-state index in [-0.39, 0.29) is 23.0 Å². The van der Waals surface area contributed by atoms with Gasteiger partial charge in [0.15, 0.2) is 0 Å². The van der Waals surface area contributed by atoms with Crippen LogP contribution in [0.5, 0.6) is 0 Å². The first-order valence-corrected chi connectivity index (χ1v) is 27.8. The van der Waals surface area contributed by atoms with Crippen molar-refractivity contribution in [2.45, 2.75) is 136 Å². The van der Waals surface area contributed by atoms with E-state index in [1.807, 2.05) is 0 Å².